The van der Waals surface area contributed by atoms with Crippen LogP contribution in [0.3, 0.4) is 0 Å². The summed E-state index contributed by atoms with van der Waals surface area (Å²) in [5, 5.41) is 8.55. The number of H-pyrrole nitrogens is 1. The lowest BCUT2D eigenvalue weighted by Crippen LogP contribution is -2.01. The predicted octanol–water partition coefficient (Wildman–Crippen LogP) is 1.09. The first-order valence-electron chi connectivity index (χ1n) is 2.98. The molecular weight excluding hydrogens is 164 g/mol. The van der Waals surface area contributed by atoms with E-state index in [9.17, 15) is 4.79 Å². The van der Waals surface area contributed by atoms with Crippen molar-refractivity contribution < 1.29 is 0 Å². The van der Waals surface area contributed by atoms with Crippen molar-refractivity contribution in [3.05, 3.63) is 33.2 Å². The van der Waals surface area contributed by atoms with Crippen LogP contribution in [0.5, 0.6) is 0 Å². The van der Waals surface area contributed by atoms with E-state index in [4.69, 9.17) is 16.9 Å². The highest BCUT2D eigenvalue weighted by Crippen LogP contribution is 2.00. The van der Waals surface area contributed by atoms with Gasteiger partial charge in [0.25, 0.3) is 0 Å². The number of nitriles is 1. The van der Waals surface area contributed by atoms with Crippen molar-refractivity contribution >= 4 is 11.6 Å². The summed E-state index contributed by atoms with van der Waals surface area (Å²) in [4.78, 5) is 13.5. The van der Waals surface area contributed by atoms with Gasteiger partial charge in [-0.2, -0.15) is 5.26 Å². The van der Waals surface area contributed by atoms with Crippen molar-refractivity contribution in [2.45, 2.75) is 6.42 Å². The molecule has 1 aromatic rings. The molecule has 0 aromatic carbocycles. The van der Waals surface area contributed by atoms with E-state index in [2.05, 4.69) is 4.98 Å². The van der Waals surface area contributed by atoms with Crippen molar-refractivity contribution in [2.24, 2.45) is 0 Å². The molecule has 0 unspecified atom stereocenters. The van der Waals surface area contributed by atoms with Crippen LogP contribution in [0.15, 0.2) is 16.9 Å². The van der Waals surface area contributed by atoms with Crippen LogP contribution in [0.2, 0.25) is 5.15 Å². The molecule has 3 nitrogen and oxygen atoms in total. The van der Waals surface area contributed by atoms with E-state index in [1.807, 2.05) is 6.07 Å². The third-order valence-electron chi connectivity index (χ3n) is 1.13. The first kappa shape index (κ1) is 7.83. The van der Waals surface area contributed by atoms with Crippen molar-refractivity contribution in [1.82, 2.24) is 4.98 Å². The van der Waals surface area contributed by atoms with Crippen LogP contribution in [-0.4, -0.2) is 4.98 Å². The van der Waals surface area contributed by atoms with Crippen LogP contribution >= 0.6 is 11.6 Å². The molecule has 0 aliphatic rings. The SMILES string of the molecule is N#CCc1cc(=O)cc(Cl)[nH]1. The van der Waals surface area contributed by atoms with Crippen molar-refractivity contribution in [1.29, 1.82) is 5.26 Å². The molecule has 0 fully saturated rings. The Morgan fingerprint density at radius 1 is 1.64 bits per heavy atom. The molecule has 1 heterocycles. The Balaban J connectivity index is 3.11. The van der Waals surface area contributed by atoms with Crippen LogP contribution in [-0.2, 0) is 6.42 Å². The van der Waals surface area contributed by atoms with Gasteiger partial charge in [-0.15, -0.1) is 0 Å². The lowest BCUT2D eigenvalue weighted by Gasteiger charge is -1.94. The van der Waals surface area contributed by atoms with Gasteiger partial charge in [-0.05, 0) is 0 Å². The summed E-state index contributed by atoms with van der Waals surface area (Å²) in [7, 11) is 0. The molecule has 0 amide bonds. The van der Waals surface area contributed by atoms with Gasteiger partial charge in [0.05, 0.1) is 12.5 Å². The van der Waals surface area contributed by atoms with E-state index in [1.165, 1.54) is 12.1 Å². The average Bonchev–Trinajstić information content (AvgIpc) is 1.85. The summed E-state index contributed by atoms with van der Waals surface area (Å²) in [5.41, 5.74) is 0.365. The van der Waals surface area contributed by atoms with Crippen LogP contribution in [0, 0.1) is 11.3 Å². The lowest BCUT2D eigenvalue weighted by atomic mass is 10.3. The minimum absolute atomic E-state index is 0.176. The van der Waals surface area contributed by atoms with E-state index >= 15 is 0 Å². The maximum atomic E-state index is 10.8. The van der Waals surface area contributed by atoms with Crippen LogP contribution in [0.25, 0.3) is 0 Å². The summed E-state index contributed by atoms with van der Waals surface area (Å²) in [6.07, 6.45) is 0.176. The van der Waals surface area contributed by atoms with E-state index in [1.54, 1.807) is 0 Å². The highest BCUT2D eigenvalue weighted by atomic mass is 35.5. The first-order chi connectivity index (χ1) is 5.22. The molecule has 0 saturated carbocycles. The lowest BCUT2D eigenvalue weighted by molar-refractivity contribution is 1.10. The summed E-state index contributed by atoms with van der Waals surface area (Å²) in [6, 6.07) is 4.53. The Kier molecular flexibility index (Phi) is 2.29. The molecular formula is C7H5ClN2O. The smallest absolute Gasteiger partial charge is 0.183 e. The molecule has 0 radical (unpaired) electrons. The summed E-state index contributed by atoms with van der Waals surface area (Å²) < 4.78 is 0. The standard InChI is InChI=1S/C7H5ClN2O/c8-7-4-6(11)3-5(10-7)1-2-9/h3-4H,1H2,(H,10,11). The molecule has 0 aliphatic heterocycles. The molecule has 1 N–H and O–H groups in total. The van der Waals surface area contributed by atoms with E-state index in [-0.39, 0.29) is 17.0 Å². The Morgan fingerprint density at radius 3 is 2.91 bits per heavy atom. The monoisotopic (exact) mass is 168 g/mol. The number of nitrogens with zero attached hydrogens (tertiary/aromatic N) is 1. The van der Waals surface area contributed by atoms with Gasteiger partial charge in [-0.25, -0.2) is 0 Å². The Bertz CT molecular complexity index is 350. The van der Waals surface area contributed by atoms with Crippen molar-refractivity contribution in [2.75, 3.05) is 0 Å². The zero-order chi connectivity index (χ0) is 8.27. The molecule has 1 rings (SSSR count). The third-order valence-corrected chi connectivity index (χ3v) is 1.34. The van der Waals surface area contributed by atoms with Gasteiger partial charge >= 0.3 is 0 Å². The fourth-order valence-electron chi connectivity index (χ4n) is 0.744. The molecule has 0 aliphatic carbocycles. The topological polar surface area (TPSA) is 56.6 Å². The number of hydrogen-bond acceptors (Lipinski definition) is 2. The minimum atomic E-state index is -0.181. The van der Waals surface area contributed by atoms with Gasteiger partial charge in [0.2, 0.25) is 0 Å². The van der Waals surface area contributed by atoms with Gasteiger partial charge in [0.15, 0.2) is 5.43 Å². The number of hydrogen-bond donors (Lipinski definition) is 1. The zero-order valence-corrected chi connectivity index (χ0v) is 6.35. The summed E-state index contributed by atoms with van der Waals surface area (Å²) in [5.74, 6) is 0. The molecule has 1 aromatic heterocycles. The third kappa shape index (κ3) is 2.10. The average molecular weight is 169 g/mol. The highest BCUT2D eigenvalue weighted by molar-refractivity contribution is 6.29. The second-order valence-corrected chi connectivity index (χ2v) is 2.43. The number of aromatic amines is 1. The maximum absolute atomic E-state index is 10.8. The van der Waals surface area contributed by atoms with Gasteiger partial charge in [0, 0.05) is 17.8 Å². The number of aromatic nitrogens is 1. The van der Waals surface area contributed by atoms with E-state index in [0.29, 0.717) is 5.69 Å². The minimum Gasteiger partial charge on any atom is -0.348 e. The highest BCUT2D eigenvalue weighted by Gasteiger charge is 1.94. The maximum Gasteiger partial charge on any atom is 0.183 e. The molecule has 0 atom stereocenters. The Morgan fingerprint density at radius 2 is 2.36 bits per heavy atom. The second-order valence-electron chi connectivity index (χ2n) is 2.02. The quantitative estimate of drug-likeness (QED) is 0.639. The first-order valence-corrected chi connectivity index (χ1v) is 3.36. The summed E-state index contributed by atoms with van der Waals surface area (Å²) in [6.45, 7) is 0. The van der Waals surface area contributed by atoms with Gasteiger partial charge in [-0.1, -0.05) is 11.6 Å². The van der Waals surface area contributed by atoms with Gasteiger partial charge in [0.1, 0.15) is 5.15 Å². The molecule has 0 saturated heterocycles. The van der Waals surface area contributed by atoms with Crippen LogP contribution in [0.4, 0.5) is 0 Å². The largest absolute Gasteiger partial charge is 0.348 e. The fourth-order valence-corrected chi connectivity index (χ4v) is 0.973. The normalized spacial score (nSPS) is 9.09. The van der Waals surface area contributed by atoms with Crippen LogP contribution in [0.1, 0.15) is 5.69 Å². The van der Waals surface area contributed by atoms with Gasteiger partial charge < -0.3 is 4.98 Å². The van der Waals surface area contributed by atoms with E-state index < -0.39 is 0 Å². The molecule has 56 valence electrons. The number of rotatable bonds is 1. The number of pyridine rings is 1. The Labute approximate surface area is 68.2 Å². The molecule has 11 heavy (non-hydrogen) atoms. The van der Waals surface area contributed by atoms with Crippen molar-refractivity contribution in [3.8, 4) is 6.07 Å². The molecule has 0 spiro atoms. The molecule has 4 heteroatoms. The zero-order valence-electron chi connectivity index (χ0n) is 5.60. The Hall–Kier alpha value is -1.27. The van der Waals surface area contributed by atoms with Crippen LogP contribution < -0.4 is 5.43 Å². The van der Waals surface area contributed by atoms with Crippen molar-refractivity contribution in [3.63, 3.8) is 0 Å². The van der Waals surface area contributed by atoms with E-state index in [0.717, 1.165) is 0 Å². The summed E-state index contributed by atoms with van der Waals surface area (Å²) >= 11 is 5.52. The molecule has 0 bridgehead atoms. The van der Waals surface area contributed by atoms with Gasteiger partial charge in [-0.3, -0.25) is 4.79 Å². The number of nitrogens with one attached hydrogen (secondary N) is 1. The fraction of sp³-hybridized carbons (Fsp3) is 0.143. The number of halogens is 1. The predicted molar refractivity (Wildman–Crippen MR) is 41.4 cm³/mol. The second kappa shape index (κ2) is 3.22.